The highest BCUT2D eigenvalue weighted by atomic mass is 32.2. The summed E-state index contributed by atoms with van der Waals surface area (Å²) in [4.78, 5) is 14.7. The van der Waals surface area contributed by atoms with Crippen molar-refractivity contribution in [2.45, 2.75) is 143 Å². The van der Waals surface area contributed by atoms with E-state index in [0.29, 0.717) is 59.0 Å². The summed E-state index contributed by atoms with van der Waals surface area (Å²) in [6.45, 7) is 14.1. The lowest BCUT2D eigenvalue weighted by molar-refractivity contribution is 0.0384. The molecule has 3 saturated heterocycles. The van der Waals surface area contributed by atoms with Crippen molar-refractivity contribution in [1.29, 1.82) is 0 Å². The van der Waals surface area contributed by atoms with Crippen LogP contribution in [0, 0.1) is 5.82 Å². The summed E-state index contributed by atoms with van der Waals surface area (Å²) < 4.78 is 63.3. The van der Waals surface area contributed by atoms with Gasteiger partial charge in [0.1, 0.15) is 21.4 Å². The number of sulfone groups is 1. The van der Waals surface area contributed by atoms with E-state index in [4.69, 9.17) is 4.74 Å². The van der Waals surface area contributed by atoms with Gasteiger partial charge in [-0.25, -0.2) is 12.8 Å². The van der Waals surface area contributed by atoms with Crippen molar-refractivity contribution in [3.8, 4) is 5.75 Å². The first-order chi connectivity index (χ1) is 28.2. The van der Waals surface area contributed by atoms with Crippen molar-refractivity contribution in [1.82, 2.24) is 19.7 Å². The first kappa shape index (κ1) is 44.9. The highest BCUT2D eigenvalue weighted by Crippen LogP contribution is 2.39. The van der Waals surface area contributed by atoms with E-state index in [0.717, 1.165) is 64.8 Å². The smallest absolute Gasteiger partial charge is 0.213 e. The van der Waals surface area contributed by atoms with Gasteiger partial charge in [0.25, 0.3) is 0 Å². The van der Waals surface area contributed by atoms with Gasteiger partial charge in [0.05, 0.1) is 17.8 Å². The van der Waals surface area contributed by atoms with Gasteiger partial charge in [0.15, 0.2) is 0 Å². The molecule has 0 amide bonds. The summed E-state index contributed by atoms with van der Waals surface area (Å²) in [5.74, 6) is -0.508. The third-order valence-corrected chi connectivity index (χ3v) is 15.7. The molecule has 1 unspecified atom stereocenters. The van der Waals surface area contributed by atoms with Crippen molar-refractivity contribution in [3.63, 3.8) is 0 Å². The molecule has 3 aliphatic heterocycles. The summed E-state index contributed by atoms with van der Waals surface area (Å²) in [6, 6.07) is 10.6. The van der Waals surface area contributed by atoms with Crippen LogP contribution < -0.4 is 9.64 Å². The van der Waals surface area contributed by atoms with Crippen molar-refractivity contribution in [3.05, 3.63) is 48.4 Å². The fraction of sp³-hybridized carbons (Fsp3) is 0.674. The lowest BCUT2D eigenvalue weighted by Gasteiger charge is -2.46. The minimum absolute atomic E-state index is 0.0238. The molecule has 4 heterocycles. The maximum absolute atomic E-state index is 15.8. The number of unbranched alkanes of at least 4 members (excludes halogenated alkanes) is 11. The van der Waals surface area contributed by atoms with Crippen LogP contribution in [0.5, 0.6) is 5.75 Å². The zero-order valence-corrected chi connectivity index (χ0v) is 37.3. The second-order valence-electron chi connectivity index (χ2n) is 16.9. The van der Waals surface area contributed by atoms with Crippen LogP contribution in [0.15, 0.2) is 57.3 Å². The van der Waals surface area contributed by atoms with Crippen LogP contribution in [0.2, 0.25) is 0 Å². The van der Waals surface area contributed by atoms with Crippen LogP contribution in [-0.2, 0) is 20.6 Å². The molecule has 0 spiro atoms. The van der Waals surface area contributed by atoms with E-state index in [-0.39, 0.29) is 4.90 Å². The Morgan fingerprint density at radius 1 is 0.724 bits per heavy atom. The Hall–Kier alpha value is -2.64. The number of hydrogen-bond donors (Lipinski definition) is 0. The predicted octanol–water partition coefficient (Wildman–Crippen LogP) is 9.09. The molecule has 3 aromatic rings. The minimum Gasteiger partial charge on any atom is -0.493 e. The minimum atomic E-state index is -4.33. The number of anilines is 1. The average Bonchev–Trinajstić information content (AvgIpc) is 3.24. The molecule has 1 aromatic heterocycles. The zero-order chi connectivity index (χ0) is 40.9. The molecule has 9 nitrogen and oxygen atoms in total. The molecule has 0 bridgehead atoms. The Kier molecular flexibility index (Phi) is 17.2. The predicted molar refractivity (Wildman–Crippen MR) is 236 cm³/mol. The maximum atomic E-state index is 15.8. The van der Waals surface area contributed by atoms with Crippen LogP contribution in [0.1, 0.15) is 117 Å². The standard InChI is InChI=1S/C46H70FN5O4S2/c1-4-6-7-8-9-10-11-12-13-14-15-16-33-56-39-17-20-44(42(47)34-39)58(54,55)45-36-48-43-19-18-40(57(3)53)35-41(43)46(45)52-27-23-38(24-28-52)51-31-29-50(30-32-51)37-21-25-49(5-2)26-22-37/h17-20,34-38H,4-16,21-33H2,1-3H3. The number of pyridine rings is 1. The summed E-state index contributed by atoms with van der Waals surface area (Å²) >= 11 is 0. The van der Waals surface area contributed by atoms with Crippen LogP contribution in [0.4, 0.5) is 10.1 Å². The third-order valence-electron chi connectivity index (χ3n) is 13.0. The van der Waals surface area contributed by atoms with Crippen LogP contribution in [-0.4, -0.2) is 116 Å². The molecule has 6 rings (SSSR count). The van der Waals surface area contributed by atoms with E-state index < -0.39 is 31.3 Å². The molecule has 322 valence electrons. The third kappa shape index (κ3) is 11.8. The topological polar surface area (TPSA) is 86.3 Å². The van der Waals surface area contributed by atoms with Crippen molar-refractivity contribution in [2.75, 3.05) is 76.7 Å². The van der Waals surface area contributed by atoms with Gasteiger partial charge < -0.3 is 14.5 Å². The molecule has 58 heavy (non-hydrogen) atoms. The van der Waals surface area contributed by atoms with Crippen LogP contribution in [0.25, 0.3) is 10.9 Å². The second kappa shape index (κ2) is 22.3. The molecule has 0 N–H and O–H groups in total. The summed E-state index contributed by atoms with van der Waals surface area (Å²) in [7, 11) is -5.60. The number of likely N-dealkylation sites (tertiary alicyclic amines) is 1. The molecule has 2 aromatic carbocycles. The highest BCUT2D eigenvalue weighted by Gasteiger charge is 2.34. The number of rotatable bonds is 21. The number of piperazine rings is 1. The normalized spacial score (nSPS) is 18.9. The molecule has 3 fully saturated rings. The van der Waals surface area contributed by atoms with Crippen molar-refractivity contribution < 1.29 is 21.8 Å². The van der Waals surface area contributed by atoms with Gasteiger partial charge in [-0.3, -0.25) is 19.0 Å². The first-order valence-electron chi connectivity index (χ1n) is 22.6. The molecular weight excluding hydrogens is 770 g/mol. The van der Waals surface area contributed by atoms with Gasteiger partial charge >= 0.3 is 0 Å². The van der Waals surface area contributed by atoms with E-state index in [2.05, 4.69) is 38.4 Å². The van der Waals surface area contributed by atoms with E-state index in [1.54, 1.807) is 30.5 Å². The fourth-order valence-electron chi connectivity index (χ4n) is 9.40. The van der Waals surface area contributed by atoms with Gasteiger partial charge in [-0.2, -0.15) is 0 Å². The monoisotopic (exact) mass is 839 g/mol. The Bertz CT molecular complexity index is 1870. The average molecular weight is 840 g/mol. The highest BCUT2D eigenvalue weighted by molar-refractivity contribution is 7.91. The molecule has 3 aliphatic rings. The van der Waals surface area contributed by atoms with E-state index in [1.807, 2.05) is 0 Å². The number of piperidine rings is 2. The fourth-order valence-corrected chi connectivity index (χ4v) is 11.4. The molecule has 1 atom stereocenters. The molecule has 12 heteroatoms. The van der Waals surface area contributed by atoms with E-state index in [1.165, 1.54) is 102 Å². The number of hydrogen-bond acceptors (Lipinski definition) is 9. The Morgan fingerprint density at radius 2 is 1.29 bits per heavy atom. The largest absolute Gasteiger partial charge is 0.493 e. The molecule has 0 saturated carbocycles. The van der Waals surface area contributed by atoms with Crippen LogP contribution in [0.3, 0.4) is 0 Å². The number of halogens is 1. The molecule has 0 radical (unpaired) electrons. The molecule has 0 aliphatic carbocycles. The van der Waals surface area contributed by atoms with Gasteiger partial charge in [0, 0.05) is 91.0 Å². The van der Waals surface area contributed by atoms with Crippen molar-refractivity contribution >= 4 is 37.2 Å². The Morgan fingerprint density at radius 3 is 1.84 bits per heavy atom. The van der Waals surface area contributed by atoms with Crippen LogP contribution >= 0.6 is 0 Å². The van der Waals surface area contributed by atoms with E-state index >= 15 is 4.39 Å². The quantitative estimate of drug-likeness (QED) is 0.0976. The first-order valence-corrected chi connectivity index (χ1v) is 25.6. The van der Waals surface area contributed by atoms with Gasteiger partial charge in [0.2, 0.25) is 9.84 Å². The zero-order valence-electron chi connectivity index (χ0n) is 35.6. The summed E-state index contributed by atoms with van der Waals surface area (Å²) in [5.41, 5.74) is 1.14. The van der Waals surface area contributed by atoms with Crippen molar-refractivity contribution in [2.24, 2.45) is 0 Å². The van der Waals surface area contributed by atoms with Gasteiger partial charge in [-0.15, -0.1) is 0 Å². The second-order valence-corrected chi connectivity index (χ2v) is 20.2. The van der Waals surface area contributed by atoms with Gasteiger partial charge in [-0.05, 0) is 82.1 Å². The number of benzene rings is 2. The maximum Gasteiger partial charge on any atom is 0.213 e. The molecular formula is C46H70FN5O4S2. The summed E-state index contributed by atoms with van der Waals surface area (Å²) in [6.07, 6.45) is 22.3. The summed E-state index contributed by atoms with van der Waals surface area (Å²) in [5, 5.41) is 0.623. The Labute approximate surface area is 351 Å². The lowest BCUT2D eigenvalue weighted by atomic mass is 9.99. The number of fused-ring (bicyclic) bond motifs is 1. The van der Waals surface area contributed by atoms with Gasteiger partial charge in [-0.1, -0.05) is 84.5 Å². The number of nitrogens with zero attached hydrogens (tertiary/aromatic N) is 5. The number of aromatic nitrogens is 1. The SMILES string of the molecule is CCCCCCCCCCCCCCOc1ccc(S(=O)(=O)c2cnc3ccc(S(C)=O)cc3c2N2CCC(N3CCN(C4CCN(CC)CC4)CC3)CC2)c(F)c1. The Balaban J connectivity index is 1.07. The van der Waals surface area contributed by atoms with E-state index in [9.17, 15) is 12.6 Å². The number of ether oxygens (including phenoxy) is 1. The lowest BCUT2D eigenvalue weighted by Crippen LogP contribution is -2.56.